The van der Waals surface area contributed by atoms with E-state index >= 15 is 0 Å². The molecule has 1 aromatic heterocycles. The molecule has 20 heavy (non-hydrogen) atoms. The molecule has 6 heteroatoms. The number of aryl methyl sites for hydroxylation is 2. The molecular formula is C14H15IN2O2S. The lowest BCUT2D eigenvalue weighted by atomic mass is 10.2. The first-order valence-electron chi connectivity index (χ1n) is 6.18. The SMILES string of the molecule is Cc1cc(I)ccc1NC(=O)CCn1c(C)csc1=O. The maximum Gasteiger partial charge on any atom is 0.307 e. The van der Waals surface area contributed by atoms with Crippen LogP contribution in [0.15, 0.2) is 28.4 Å². The minimum Gasteiger partial charge on any atom is -0.326 e. The van der Waals surface area contributed by atoms with Crippen molar-refractivity contribution in [3.05, 3.63) is 48.1 Å². The van der Waals surface area contributed by atoms with Crippen LogP contribution in [0, 0.1) is 17.4 Å². The summed E-state index contributed by atoms with van der Waals surface area (Å²) in [5.41, 5.74) is 2.76. The van der Waals surface area contributed by atoms with Gasteiger partial charge in [-0.2, -0.15) is 0 Å². The van der Waals surface area contributed by atoms with Crippen molar-refractivity contribution in [1.82, 2.24) is 4.57 Å². The summed E-state index contributed by atoms with van der Waals surface area (Å²) in [5.74, 6) is -0.0770. The molecule has 0 spiro atoms. The molecule has 1 amide bonds. The number of rotatable bonds is 4. The summed E-state index contributed by atoms with van der Waals surface area (Å²) in [4.78, 5) is 23.5. The Kier molecular flexibility index (Phi) is 4.98. The summed E-state index contributed by atoms with van der Waals surface area (Å²) in [6.45, 7) is 4.26. The number of hydrogen-bond donors (Lipinski definition) is 1. The van der Waals surface area contributed by atoms with Crippen LogP contribution in [0.4, 0.5) is 5.69 Å². The third-order valence-electron chi connectivity index (χ3n) is 3.00. The molecular weight excluding hydrogens is 387 g/mol. The summed E-state index contributed by atoms with van der Waals surface area (Å²) in [6.07, 6.45) is 0.295. The summed E-state index contributed by atoms with van der Waals surface area (Å²) in [6, 6.07) is 5.87. The van der Waals surface area contributed by atoms with Crippen molar-refractivity contribution >= 4 is 45.5 Å². The molecule has 0 saturated heterocycles. The van der Waals surface area contributed by atoms with E-state index in [1.165, 1.54) is 11.3 Å². The Morgan fingerprint density at radius 1 is 1.40 bits per heavy atom. The lowest BCUT2D eigenvalue weighted by Gasteiger charge is -2.09. The molecule has 1 N–H and O–H groups in total. The van der Waals surface area contributed by atoms with Gasteiger partial charge in [0.05, 0.1) is 0 Å². The second-order valence-electron chi connectivity index (χ2n) is 4.55. The maximum absolute atomic E-state index is 11.9. The molecule has 4 nitrogen and oxygen atoms in total. The van der Waals surface area contributed by atoms with Gasteiger partial charge in [-0.1, -0.05) is 11.3 Å². The van der Waals surface area contributed by atoms with Gasteiger partial charge in [-0.3, -0.25) is 9.59 Å². The van der Waals surface area contributed by atoms with Crippen molar-refractivity contribution in [2.75, 3.05) is 5.32 Å². The van der Waals surface area contributed by atoms with E-state index in [0.717, 1.165) is 20.5 Å². The fourth-order valence-corrected chi connectivity index (χ4v) is 3.28. The van der Waals surface area contributed by atoms with Crippen LogP contribution in [0.25, 0.3) is 0 Å². The number of carbonyl (C=O) groups excluding carboxylic acids is 1. The van der Waals surface area contributed by atoms with Crippen molar-refractivity contribution in [1.29, 1.82) is 0 Å². The molecule has 0 aliphatic carbocycles. The van der Waals surface area contributed by atoms with Gasteiger partial charge < -0.3 is 9.88 Å². The second kappa shape index (κ2) is 6.53. The molecule has 0 radical (unpaired) electrons. The standard InChI is InChI=1S/C14H15IN2O2S/c1-9-7-11(15)3-4-12(9)16-13(18)5-6-17-10(2)8-20-14(17)19/h3-4,7-8H,5-6H2,1-2H3,(H,16,18). The number of nitrogens with zero attached hydrogens (tertiary/aromatic N) is 1. The lowest BCUT2D eigenvalue weighted by Crippen LogP contribution is -2.20. The number of aromatic nitrogens is 1. The molecule has 2 rings (SSSR count). The van der Waals surface area contributed by atoms with Crippen LogP contribution in [-0.2, 0) is 11.3 Å². The minimum absolute atomic E-state index is 0.0132. The van der Waals surface area contributed by atoms with Gasteiger partial charge in [-0.15, -0.1) is 0 Å². The largest absolute Gasteiger partial charge is 0.326 e. The molecule has 0 atom stereocenters. The van der Waals surface area contributed by atoms with Crippen molar-refractivity contribution < 1.29 is 4.79 Å². The van der Waals surface area contributed by atoms with E-state index in [4.69, 9.17) is 0 Å². The molecule has 0 fully saturated rings. The van der Waals surface area contributed by atoms with Crippen molar-refractivity contribution in [2.45, 2.75) is 26.8 Å². The lowest BCUT2D eigenvalue weighted by molar-refractivity contribution is -0.116. The van der Waals surface area contributed by atoms with E-state index in [1.54, 1.807) is 4.57 Å². The van der Waals surface area contributed by atoms with Crippen molar-refractivity contribution in [3.8, 4) is 0 Å². The zero-order chi connectivity index (χ0) is 14.7. The van der Waals surface area contributed by atoms with Gasteiger partial charge in [0.2, 0.25) is 5.91 Å². The Morgan fingerprint density at radius 3 is 2.75 bits per heavy atom. The van der Waals surface area contributed by atoms with Crippen LogP contribution < -0.4 is 10.2 Å². The minimum atomic E-state index is -0.0770. The number of amides is 1. The van der Waals surface area contributed by atoms with E-state index in [9.17, 15) is 9.59 Å². The van der Waals surface area contributed by atoms with Gasteiger partial charge in [0.15, 0.2) is 0 Å². The molecule has 0 unspecified atom stereocenters. The first-order chi connectivity index (χ1) is 9.47. The molecule has 0 bridgehead atoms. The van der Waals surface area contributed by atoms with E-state index in [2.05, 4.69) is 27.9 Å². The van der Waals surface area contributed by atoms with Crippen LogP contribution in [0.2, 0.25) is 0 Å². The van der Waals surface area contributed by atoms with Gasteiger partial charge in [0.1, 0.15) is 0 Å². The zero-order valence-electron chi connectivity index (χ0n) is 11.3. The van der Waals surface area contributed by atoms with Crippen LogP contribution in [0.1, 0.15) is 17.7 Å². The van der Waals surface area contributed by atoms with E-state index < -0.39 is 0 Å². The number of hydrogen-bond acceptors (Lipinski definition) is 3. The Hall–Kier alpha value is -1.15. The summed E-state index contributed by atoms with van der Waals surface area (Å²) in [5, 5.41) is 4.69. The topological polar surface area (TPSA) is 51.1 Å². The summed E-state index contributed by atoms with van der Waals surface area (Å²) < 4.78 is 2.77. The first-order valence-corrected chi connectivity index (χ1v) is 8.14. The highest BCUT2D eigenvalue weighted by atomic mass is 127. The highest BCUT2D eigenvalue weighted by molar-refractivity contribution is 14.1. The van der Waals surface area contributed by atoms with Crippen LogP contribution >= 0.6 is 33.9 Å². The number of carbonyl (C=O) groups is 1. The third kappa shape index (κ3) is 3.69. The number of nitrogens with one attached hydrogen (secondary N) is 1. The highest BCUT2D eigenvalue weighted by Gasteiger charge is 2.08. The summed E-state index contributed by atoms with van der Waals surface area (Å²) >= 11 is 3.40. The van der Waals surface area contributed by atoms with Gasteiger partial charge in [0.25, 0.3) is 0 Å². The molecule has 106 valence electrons. The van der Waals surface area contributed by atoms with Gasteiger partial charge >= 0.3 is 4.87 Å². The zero-order valence-corrected chi connectivity index (χ0v) is 14.2. The Bertz CT molecular complexity index is 691. The molecule has 2 aromatic rings. The fraction of sp³-hybridized carbons (Fsp3) is 0.286. The Morgan fingerprint density at radius 2 is 2.15 bits per heavy atom. The van der Waals surface area contributed by atoms with E-state index in [-0.39, 0.29) is 10.8 Å². The predicted octanol–water partition coefficient (Wildman–Crippen LogP) is 3.16. The van der Waals surface area contributed by atoms with Gasteiger partial charge in [-0.05, 0) is 60.2 Å². The Balaban J connectivity index is 1.98. The van der Waals surface area contributed by atoms with Crippen molar-refractivity contribution in [2.24, 2.45) is 0 Å². The highest BCUT2D eigenvalue weighted by Crippen LogP contribution is 2.17. The fourth-order valence-electron chi connectivity index (χ4n) is 1.87. The predicted molar refractivity (Wildman–Crippen MR) is 90.5 cm³/mol. The number of anilines is 1. The van der Waals surface area contributed by atoms with Gasteiger partial charge in [-0.25, -0.2) is 0 Å². The molecule has 1 heterocycles. The maximum atomic E-state index is 11.9. The second-order valence-corrected chi connectivity index (χ2v) is 6.62. The smallest absolute Gasteiger partial charge is 0.307 e. The summed E-state index contributed by atoms with van der Waals surface area (Å²) in [7, 11) is 0. The molecule has 0 saturated carbocycles. The monoisotopic (exact) mass is 402 g/mol. The molecule has 0 aliphatic heterocycles. The number of halogens is 1. The molecule has 0 aliphatic rings. The number of thiazole rings is 1. The number of benzene rings is 1. The van der Waals surface area contributed by atoms with Crippen molar-refractivity contribution in [3.63, 3.8) is 0 Å². The first kappa shape index (κ1) is 15.2. The van der Waals surface area contributed by atoms with E-state index in [1.807, 2.05) is 37.4 Å². The van der Waals surface area contributed by atoms with E-state index in [0.29, 0.717) is 13.0 Å². The van der Waals surface area contributed by atoms with Gasteiger partial charge in [0, 0.05) is 33.3 Å². The normalized spacial score (nSPS) is 10.6. The Labute approximate surface area is 135 Å². The third-order valence-corrected chi connectivity index (χ3v) is 4.55. The van der Waals surface area contributed by atoms with Crippen LogP contribution in [0.5, 0.6) is 0 Å². The van der Waals surface area contributed by atoms with Crippen LogP contribution in [0.3, 0.4) is 0 Å². The average molecular weight is 402 g/mol. The molecule has 1 aromatic carbocycles. The van der Waals surface area contributed by atoms with Crippen LogP contribution in [-0.4, -0.2) is 10.5 Å². The quantitative estimate of drug-likeness (QED) is 0.799. The average Bonchev–Trinajstić information content (AvgIpc) is 2.70.